The van der Waals surface area contributed by atoms with Crippen LogP contribution in [0.5, 0.6) is 0 Å². The van der Waals surface area contributed by atoms with E-state index in [-0.39, 0.29) is 0 Å². The summed E-state index contributed by atoms with van der Waals surface area (Å²) in [7, 11) is 0. The molecule has 0 amide bonds. The number of hydrogen-bond donors (Lipinski definition) is 2. The van der Waals surface area contributed by atoms with Gasteiger partial charge in [-0.25, -0.2) is 4.98 Å². The second-order valence-electron chi connectivity index (χ2n) is 23.3. The summed E-state index contributed by atoms with van der Waals surface area (Å²) in [5.74, 6) is 3.86. The molecule has 392 valence electrons. The van der Waals surface area contributed by atoms with Crippen molar-refractivity contribution in [1.29, 1.82) is 0 Å². The number of fused-ring (bicyclic) bond motifs is 6. The number of nitrogens with zero attached hydrogens (tertiary/aromatic N) is 3. The van der Waals surface area contributed by atoms with Gasteiger partial charge in [-0.3, -0.25) is 0 Å². The first-order chi connectivity index (χ1) is 35.7. The Balaban J connectivity index is 0.000000130. The Morgan fingerprint density at radius 1 is 0.338 bits per heavy atom. The molecule has 6 aromatic carbocycles. The summed E-state index contributed by atoms with van der Waals surface area (Å²) < 4.78 is 0. The predicted octanol–water partition coefficient (Wildman–Crippen LogP) is 18.7. The molecular weight excluding hydrogens is 899 g/mol. The Hall–Kier alpha value is -5.81. The molecule has 2 heterocycles. The number of aryl methyl sites for hydroxylation is 6. The SMILES string of the molecule is CC(C)c1ccc2c(c1)CCC2.CC(C)c1ccc2c(c1)CCCC2.CC(C)c1ccc2n[nH]nc2c1.CC(C)c1ccc2nc[nH]c2c1.CC(C)c1cccc2c1CCC2.CC(C)c1cccc2c1CCCC2. The van der Waals surface area contributed by atoms with E-state index in [1.54, 1.807) is 62.0 Å². The van der Waals surface area contributed by atoms with Crippen LogP contribution in [0, 0.1) is 0 Å². The molecule has 8 aromatic rings. The molecule has 0 aliphatic heterocycles. The minimum absolute atomic E-state index is 0.547. The van der Waals surface area contributed by atoms with Crippen LogP contribution < -0.4 is 0 Å². The normalized spacial score (nSPS) is 14.2. The molecule has 12 rings (SSSR count). The van der Waals surface area contributed by atoms with E-state index in [2.05, 4.69) is 212 Å². The van der Waals surface area contributed by atoms with E-state index in [1.807, 2.05) is 6.07 Å². The van der Waals surface area contributed by atoms with Crippen LogP contribution in [-0.2, 0) is 51.4 Å². The lowest BCUT2D eigenvalue weighted by Gasteiger charge is -2.21. The Labute approximate surface area is 447 Å². The molecule has 4 aliphatic rings. The van der Waals surface area contributed by atoms with Crippen molar-refractivity contribution in [2.24, 2.45) is 0 Å². The monoisotopic (exact) mass is 990 g/mol. The van der Waals surface area contributed by atoms with Gasteiger partial charge in [0.2, 0.25) is 0 Å². The number of H-pyrrole nitrogens is 2. The number of aromatic amines is 2. The maximum absolute atomic E-state index is 4.16. The zero-order valence-electron chi connectivity index (χ0n) is 47.7. The molecule has 0 radical (unpaired) electrons. The number of benzene rings is 6. The highest BCUT2D eigenvalue weighted by molar-refractivity contribution is 5.75. The van der Waals surface area contributed by atoms with Gasteiger partial charge in [0.25, 0.3) is 0 Å². The summed E-state index contributed by atoms with van der Waals surface area (Å²) in [5.41, 5.74) is 25.7. The van der Waals surface area contributed by atoms with Gasteiger partial charge in [-0.15, -0.1) is 0 Å². The lowest BCUT2D eigenvalue weighted by Crippen LogP contribution is -2.06. The van der Waals surface area contributed by atoms with Crippen LogP contribution in [0.15, 0.2) is 116 Å². The smallest absolute Gasteiger partial charge is 0.113 e. The average molecular weight is 991 g/mol. The molecule has 4 aliphatic carbocycles. The fraction of sp³-hybridized carbons (Fsp3) is 0.464. The van der Waals surface area contributed by atoms with Gasteiger partial charge in [0, 0.05) is 0 Å². The van der Waals surface area contributed by atoms with Crippen LogP contribution in [0.1, 0.15) is 235 Å². The summed E-state index contributed by atoms with van der Waals surface area (Å²) in [5, 5.41) is 10.6. The zero-order valence-corrected chi connectivity index (χ0v) is 47.7. The Kier molecular flexibility index (Phi) is 20.5. The highest BCUT2D eigenvalue weighted by Crippen LogP contribution is 2.31. The summed E-state index contributed by atoms with van der Waals surface area (Å²) in [6.45, 7) is 26.9. The number of imidazole rings is 1. The summed E-state index contributed by atoms with van der Waals surface area (Å²) >= 11 is 0. The van der Waals surface area contributed by atoms with Crippen LogP contribution in [-0.4, -0.2) is 25.4 Å². The van der Waals surface area contributed by atoms with E-state index in [0.29, 0.717) is 35.5 Å². The van der Waals surface area contributed by atoms with E-state index in [0.717, 1.165) is 22.1 Å². The van der Waals surface area contributed by atoms with Gasteiger partial charge in [-0.1, -0.05) is 168 Å². The topological polar surface area (TPSA) is 70.2 Å². The minimum Gasteiger partial charge on any atom is -0.345 e. The molecule has 0 unspecified atom stereocenters. The first kappa shape index (κ1) is 55.9. The second-order valence-corrected chi connectivity index (χ2v) is 23.3. The molecule has 0 saturated heterocycles. The van der Waals surface area contributed by atoms with Crippen molar-refractivity contribution in [1.82, 2.24) is 25.4 Å². The van der Waals surface area contributed by atoms with Crippen LogP contribution in [0.4, 0.5) is 0 Å². The van der Waals surface area contributed by atoms with Crippen LogP contribution >= 0.6 is 0 Å². The van der Waals surface area contributed by atoms with Crippen LogP contribution in [0.25, 0.3) is 22.1 Å². The largest absolute Gasteiger partial charge is 0.345 e. The standard InChI is InChI=1S/2C13H18.2C12H16.C10H12N2.C9H11N3/c1-10(2)12-9-5-7-11-6-3-4-8-13(11)12;1-10(2)12-8-7-11-5-3-4-6-13(11)9-12;1-9(2)11-7-3-5-10-6-4-8-12(10)11;1-9(2)11-7-6-10-4-3-5-12(10)8-11;1-7(2)8-3-4-9-10(5-8)12-6-11-9;1-6(2)7-3-4-8-9(5-7)11-12-10-8/h5,7,9-10H,3-4,6,8H2,1-2H3;7-10H,3-6H2,1-2H3;3,5,7,9H,4,6,8H2,1-2H3;6-9H,3-5H2,1-2H3;3-7H,1-2H3,(H,11,12);3-6H,1-2H3,(H,10,11,12). The molecule has 0 spiro atoms. The number of nitrogens with one attached hydrogen (secondary N) is 2. The molecule has 0 atom stereocenters. The van der Waals surface area contributed by atoms with Gasteiger partial charge in [-0.05, 0) is 228 Å². The van der Waals surface area contributed by atoms with Crippen molar-refractivity contribution in [3.63, 3.8) is 0 Å². The first-order valence-corrected chi connectivity index (χ1v) is 28.8. The maximum Gasteiger partial charge on any atom is 0.113 e. The zero-order chi connectivity index (χ0) is 52.7. The highest BCUT2D eigenvalue weighted by Gasteiger charge is 2.17. The molecule has 5 nitrogen and oxygen atoms in total. The maximum atomic E-state index is 4.16. The van der Waals surface area contributed by atoms with Gasteiger partial charge in [0.15, 0.2) is 0 Å². The third-order valence-electron chi connectivity index (χ3n) is 15.8. The van der Waals surface area contributed by atoms with E-state index in [4.69, 9.17) is 0 Å². The van der Waals surface area contributed by atoms with E-state index in [9.17, 15) is 0 Å². The fourth-order valence-electron chi connectivity index (χ4n) is 11.1. The van der Waals surface area contributed by atoms with Crippen LogP contribution in [0.2, 0.25) is 0 Å². The van der Waals surface area contributed by atoms with Crippen molar-refractivity contribution < 1.29 is 0 Å². The van der Waals surface area contributed by atoms with Gasteiger partial charge in [0.1, 0.15) is 11.0 Å². The Morgan fingerprint density at radius 2 is 0.743 bits per heavy atom. The number of rotatable bonds is 6. The fourth-order valence-corrected chi connectivity index (χ4v) is 11.1. The van der Waals surface area contributed by atoms with Gasteiger partial charge >= 0.3 is 0 Å². The molecule has 5 heteroatoms. The first-order valence-electron chi connectivity index (χ1n) is 28.8. The minimum atomic E-state index is 0.547. The summed E-state index contributed by atoms with van der Waals surface area (Å²) in [6.07, 6.45) is 20.4. The molecule has 0 bridgehead atoms. The molecule has 0 saturated carbocycles. The average Bonchev–Trinajstić information content (AvgIpc) is 4.27. The molecule has 0 fully saturated rings. The lowest BCUT2D eigenvalue weighted by atomic mass is 9.85. The van der Waals surface area contributed by atoms with Crippen LogP contribution in [0.3, 0.4) is 0 Å². The second kappa shape index (κ2) is 27.1. The summed E-state index contributed by atoms with van der Waals surface area (Å²) in [4.78, 5) is 7.27. The van der Waals surface area contributed by atoms with Crippen molar-refractivity contribution in [3.05, 3.63) is 193 Å². The predicted molar refractivity (Wildman–Crippen MR) is 318 cm³/mol. The van der Waals surface area contributed by atoms with Gasteiger partial charge < -0.3 is 4.98 Å². The van der Waals surface area contributed by atoms with Crippen molar-refractivity contribution in [3.8, 4) is 0 Å². The Bertz CT molecular complexity index is 2910. The van der Waals surface area contributed by atoms with Gasteiger partial charge in [-0.2, -0.15) is 15.4 Å². The third kappa shape index (κ3) is 15.2. The molecule has 74 heavy (non-hydrogen) atoms. The van der Waals surface area contributed by atoms with Crippen molar-refractivity contribution in [2.45, 2.75) is 208 Å². The van der Waals surface area contributed by atoms with Gasteiger partial charge in [0.05, 0.1) is 17.4 Å². The Morgan fingerprint density at radius 3 is 1.30 bits per heavy atom. The molecule has 2 N–H and O–H groups in total. The molecular formula is C69H91N5. The molecule has 2 aromatic heterocycles. The highest BCUT2D eigenvalue weighted by atomic mass is 15.3. The van der Waals surface area contributed by atoms with Crippen molar-refractivity contribution >= 4 is 22.1 Å². The van der Waals surface area contributed by atoms with E-state index < -0.39 is 0 Å². The number of aromatic nitrogens is 5. The third-order valence-corrected chi connectivity index (χ3v) is 15.8. The quantitative estimate of drug-likeness (QED) is 0.174. The van der Waals surface area contributed by atoms with E-state index in [1.165, 1.54) is 112 Å². The van der Waals surface area contributed by atoms with E-state index >= 15 is 0 Å². The summed E-state index contributed by atoms with van der Waals surface area (Å²) in [6, 6.07) is 40.2. The van der Waals surface area contributed by atoms with Crippen molar-refractivity contribution in [2.75, 3.05) is 0 Å². The number of hydrogen-bond acceptors (Lipinski definition) is 3. The lowest BCUT2D eigenvalue weighted by molar-refractivity contribution is 0.670.